The van der Waals surface area contributed by atoms with E-state index in [2.05, 4.69) is 10.3 Å². The van der Waals surface area contributed by atoms with Crippen LogP contribution in [-0.2, 0) is 6.54 Å². The highest BCUT2D eigenvalue weighted by molar-refractivity contribution is 5.97. The lowest BCUT2D eigenvalue weighted by atomic mass is 9.81. The summed E-state index contributed by atoms with van der Waals surface area (Å²) in [6.07, 6.45) is 3.85. The van der Waals surface area contributed by atoms with Gasteiger partial charge in [-0.05, 0) is 76.6 Å². The number of carbonyl (C=O) groups is 1. The molecule has 1 aromatic carbocycles. The van der Waals surface area contributed by atoms with Crippen LogP contribution < -0.4 is 26.1 Å². The number of carbonyl (C=O) groups excluding carboxylic acids is 1. The molecule has 7 heteroatoms. The summed E-state index contributed by atoms with van der Waals surface area (Å²) in [4.78, 5) is 28.1. The first-order chi connectivity index (χ1) is 15.1. The number of benzene rings is 1. The number of nitrogens with one attached hydrogen (secondary N) is 2. The third kappa shape index (κ3) is 4.01. The van der Waals surface area contributed by atoms with Gasteiger partial charge in [0.15, 0.2) is 11.5 Å². The minimum Gasteiger partial charge on any atom is -0.448 e. The van der Waals surface area contributed by atoms with Crippen molar-refractivity contribution in [2.45, 2.75) is 78.7 Å². The zero-order chi connectivity index (χ0) is 23.2. The predicted molar refractivity (Wildman–Crippen MR) is 123 cm³/mol. The number of fused-ring (bicyclic) bond motifs is 1. The number of aromatic nitrogens is 1. The van der Waals surface area contributed by atoms with Crippen molar-refractivity contribution in [2.24, 2.45) is 11.7 Å². The Balaban J connectivity index is 1.55. The van der Waals surface area contributed by atoms with Crippen LogP contribution in [0, 0.1) is 33.6 Å². The highest BCUT2D eigenvalue weighted by Gasteiger charge is 2.46. The number of hydrogen-bond acceptors (Lipinski definition) is 5. The Morgan fingerprint density at radius 1 is 1.09 bits per heavy atom. The molecule has 1 atom stereocenters. The monoisotopic (exact) mass is 439 g/mol. The highest BCUT2D eigenvalue weighted by atomic mass is 16.7. The first kappa shape index (κ1) is 22.4. The van der Waals surface area contributed by atoms with Gasteiger partial charge in [0, 0.05) is 47.8 Å². The summed E-state index contributed by atoms with van der Waals surface area (Å²) in [5.41, 5.74) is 10.2. The van der Waals surface area contributed by atoms with Crippen LogP contribution in [0.15, 0.2) is 16.9 Å². The maximum absolute atomic E-state index is 13.0. The fourth-order valence-corrected chi connectivity index (χ4v) is 4.95. The lowest BCUT2D eigenvalue weighted by molar-refractivity contribution is -0.121. The Bertz CT molecular complexity index is 1120. The van der Waals surface area contributed by atoms with Gasteiger partial charge in [0.25, 0.3) is 17.3 Å². The Kier molecular flexibility index (Phi) is 5.79. The first-order valence-electron chi connectivity index (χ1n) is 11.3. The molecule has 4 rings (SSSR count). The molecule has 32 heavy (non-hydrogen) atoms. The number of nitrogens with two attached hydrogens (primary N) is 1. The van der Waals surface area contributed by atoms with Crippen molar-refractivity contribution in [1.29, 1.82) is 0 Å². The van der Waals surface area contributed by atoms with Crippen molar-refractivity contribution in [2.75, 3.05) is 0 Å². The van der Waals surface area contributed by atoms with Gasteiger partial charge in [-0.2, -0.15) is 0 Å². The molecule has 2 heterocycles. The van der Waals surface area contributed by atoms with Gasteiger partial charge in [-0.1, -0.05) is 0 Å². The zero-order valence-corrected chi connectivity index (χ0v) is 19.6. The Morgan fingerprint density at radius 2 is 1.75 bits per heavy atom. The quantitative estimate of drug-likeness (QED) is 0.676. The number of aromatic amines is 1. The number of ether oxygens (including phenoxy) is 2. The molecule has 4 N–H and O–H groups in total. The summed E-state index contributed by atoms with van der Waals surface area (Å²) in [7, 11) is 0. The molecule has 0 radical (unpaired) electrons. The molecule has 0 unspecified atom stereocenters. The maximum atomic E-state index is 13.0. The van der Waals surface area contributed by atoms with Crippen LogP contribution in [0.25, 0.3) is 0 Å². The molecule has 0 saturated heterocycles. The molecule has 2 aliphatic rings. The van der Waals surface area contributed by atoms with E-state index in [1.54, 1.807) is 0 Å². The first-order valence-corrected chi connectivity index (χ1v) is 11.3. The summed E-state index contributed by atoms with van der Waals surface area (Å²) >= 11 is 0. The van der Waals surface area contributed by atoms with E-state index in [0.717, 1.165) is 48.1 Å². The van der Waals surface area contributed by atoms with E-state index in [1.165, 1.54) is 0 Å². The lowest BCUT2D eigenvalue weighted by Gasteiger charge is -2.36. The van der Waals surface area contributed by atoms with E-state index in [9.17, 15) is 9.59 Å². The van der Waals surface area contributed by atoms with Crippen molar-refractivity contribution >= 4 is 5.91 Å². The van der Waals surface area contributed by atoms with E-state index in [-0.39, 0.29) is 30.0 Å². The standard InChI is InChI=1S/C25H33N3O4/c1-13-10-15(3)28-24(30)20(13)12-27-23(29)19-11-14(2)21-22(16(19)4)32-25(5,31-21)17-6-8-18(26)9-7-17/h10-11,17-18H,6-9,12,26H2,1-5H3,(H,27,29)(H,28,30)/t17?,18?,25-/m0/s1. The van der Waals surface area contributed by atoms with Crippen LogP contribution in [0.3, 0.4) is 0 Å². The topological polar surface area (TPSA) is 106 Å². The number of H-pyrrole nitrogens is 1. The van der Waals surface area contributed by atoms with Gasteiger partial charge in [0.2, 0.25) is 0 Å². The Hall–Kier alpha value is -2.80. The van der Waals surface area contributed by atoms with E-state index >= 15 is 0 Å². The van der Waals surface area contributed by atoms with E-state index in [0.29, 0.717) is 22.6 Å². The van der Waals surface area contributed by atoms with Crippen molar-refractivity contribution in [3.05, 3.63) is 56.0 Å². The van der Waals surface area contributed by atoms with Crippen molar-refractivity contribution in [3.8, 4) is 11.5 Å². The normalized spacial score (nSPS) is 24.4. The van der Waals surface area contributed by atoms with Crippen LogP contribution in [0.5, 0.6) is 11.5 Å². The second-order valence-corrected chi connectivity index (χ2v) is 9.48. The molecular weight excluding hydrogens is 406 g/mol. The van der Waals surface area contributed by atoms with E-state index in [4.69, 9.17) is 15.2 Å². The molecule has 0 spiro atoms. The second kappa shape index (κ2) is 8.28. The van der Waals surface area contributed by atoms with Gasteiger partial charge in [-0.15, -0.1) is 0 Å². The lowest BCUT2D eigenvalue weighted by Crippen LogP contribution is -2.46. The smallest absolute Gasteiger partial charge is 0.253 e. The summed E-state index contributed by atoms with van der Waals surface area (Å²) in [5.74, 6) is 0.606. The number of pyridine rings is 1. The van der Waals surface area contributed by atoms with Crippen molar-refractivity contribution < 1.29 is 14.3 Å². The molecule has 1 fully saturated rings. The van der Waals surface area contributed by atoms with Crippen LogP contribution in [-0.4, -0.2) is 22.7 Å². The molecule has 1 aromatic heterocycles. The third-order valence-electron chi connectivity index (χ3n) is 6.96. The minimum atomic E-state index is -0.751. The Morgan fingerprint density at radius 3 is 2.41 bits per heavy atom. The number of rotatable bonds is 4. The average molecular weight is 440 g/mol. The van der Waals surface area contributed by atoms with E-state index in [1.807, 2.05) is 46.8 Å². The average Bonchev–Trinajstić information content (AvgIpc) is 3.10. The number of aryl methyl sites for hydroxylation is 3. The second-order valence-electron chi connectivity index (χ2n) is 9.48. The van der Waals surface area contributed by atoms with Gasteiger partial charge in [0.1, 0.15) is 0 Å². The number of amides is 1. The van der Waals surface area contributed by atoms with Crippen LogP contribution in [0.1, 0.15) is 70.9 Å². The van der Waals surface area contributed by atoms with Crippen LogP contribution >= 0.6 is 0 Å². The van der Waals surface area contributed by atoms with Gasteiger partial charge >= 0.3 is 0 Å². The molecule has 1 aliphatic heterocycles. The van der Waals surface area contributed by atoms with Crippen LogP contribution in [0.4, 0.5) is 0 Å². The van der Waals surface area contributed by atoms with E-state index < -0.39 is 5.79 Å². The van der Waals surface area contributed by atoms with Crippen molar-refractivity contribution in [1.82, 2.24) is 10.3 Å². The zero-order valence-electron chi connectivity index (χ0n) is 19.6. The summed E-state index contributed by atoms with van der Waals surface area (Å²) in [6.45, 7) is 9.66. The molecular formula is C25H33N3O4. The molecule has 7 nitrogen and oxygen atoms in total. The molecule has 172 valence electrons. The molecule has 0 bridgehead atoms. The summed E-state index contributed by atoms with van der Waals surface area (Å²) in [5, 5.41) is 2.90. The molecule has 2 aromatic rings. The van der Waals surface area contributed by atoms with Crippen LogP contribution in [0.2, 0.25) is 0 Å². The minimum absolute atomic E-state index is 0.160. The maximum Gasteiger partial charge on any atom is 0.253 e. The van der Waals surface area contributed by atoms with Gasteiger partial charge in [-0.25, -0.2) is 0 Å². The highest BCUT2D eigenvalue weighted by Crippen LogP contribution is 2.49. The van der Waals surface area contributed by atoms with Gasteiger partial charge in [0.05, 0.1) is 0 Å². The van der Waals surface area contributed by atoms with Crippen molar-refractivity contribution in [3.63, 3.8) is 0 Å². The predicted octanol–water partition coefficient (Wildman–Crippen LogP) is 3.54. The largest absolute Gasteiger partial charge is 0.448 e. The summed E-state index contributed by atoms with van der Waals surface area (Å²) in [6, 6.07) is 3.99. The van der Waals surface area contributed by atoms with Gasteiger partial charge < -0.3 is 25.5 Å². The summed E-state index contributed by atoms with van der Waals surface area (Å²) < 4.78 is 12.7. The molecule has 1 aliphatic carbocycles. The van der Waals surface area contributed by atoms with Gasteiger partial charge in [-0.3, -0.25) is 9.59 Å². The molecule has 1 amide bonds. The molecule has 1 saturated carbocycles. The fourth-order valence-electron chi connectivity index (χ4n) is 4.95. The number of hydrogen-bond donors (Lipinski definition) is 3. The Labute approximate surface area is 188 Å². The fraction of sp³-hybridized carbons (Fsp3) is 0.520. The third-order valence-corrected chi connectivity index (χ3v) is 6.96. The SMILES string of the molecule is Cc1cc(C)c(CNC(=O)c2cc(C)c3c(c2C)O[C@@](C)(C2CCC(N)CC2)O3)c(=O)[nH]1.